The summed E-state index contributed by atoms with van der Waals surface area (Å²) in [6, 6.07) is 0. The van der Waals surface area contributed by atoms with Crippen molar-refractivity contribution in [3.8, 4) is 0 Å². The molecular formula is C83H162O17P2. The Bertz CT molecular complexity index is 1960. The molecule has 0 saturated carbocycles. The van der Waals surface area contributed by atoms with Crippen LogP contribution in [0.5, 0.6) is 0 Å². The Kier molecular flexibility index (Phi) is 73.1. The lowest BCUT2D eigenvalue weighted by molar-refractivity contribution is -0.161. The van der Waals surface area contributed by atoms with Gasteiger partial charge in [0.25, 0.3) is 0 Å². The van der Waals surface area contributed by atoms with Crippen LogP contribution in [0.25, 0.3) is 0 Å². The first-order valence-electron chi connectivity index (χ1n) is 43.0. The molecule has 0 spiro atoms. The van der Waals surface area contributed by atoms with E-state index in [1.165, 1.54) is 250 Å². The molecule has 0 aliphatic carbocycles. The van der Waals surface area contributed by atoms with Crippen molar-refractivity contribution in [3.05, 3.63) is 0 Å². The molecule has 0 aliphatic rings. The second-order valence-electron chi connectivity index (χ2n) is 30.8. The maximum absolute atomic E-state index is 13.1. The zero-order chi connectivity index (χ0) is 74.9. The minimum atomic E-state index is -4.96. The summed E-state index contributed by atoms with van der Waals surface area (Å²) in [4.78, 5) is 72.8. The van der Waals surface area contributed by atoms with Crippen molar-refractivity contribution in [1.29, 1.82) is 0 Å². The van der Waals surface area contributed by atoms with Crippen molar-refractivity contribution >= 4 is 39.5 Å². The van der Waals surface area contributed by atoms with Gasteiger partial charge in [-0.15, -0.1) is 0 Å². The number of carbonyl (C=O) groups excluding carboxylic acids is 4. The van der Waals surface area contributed by atoms with Crippen LogP contribution < -0.4 is 0 Å². The van der Waals surface area contributed by atoms with Crippen molar-refractivity contribution < 1.29 is 80.2 Å². The smallest absolute Gasteiger partial charge is 0.462 e. The second-order valence-corrected chi connectivity index (χ2v) is 33.7. The number of hydrogen-bond acceptors (Lipinski definition) is 15. The largest absolute Gasteiger partial charge is 0.472 e. The van der Waals surface area contributed by atoms with Crippen LogP contribution in [0, 0.1) is 11.8 Å². The Morgan fingerprint density at radius 3 is 0.667 bits per heavy atom. The van der Waals surface area contributed by atoms with E-state index in [2.05, 4.69) is 41.5 Å². The van der Waals surface area contributed by atoms with Gasteiger partial charge in [-0.1, -0.05) is 388 Å². The molecule has 0 aliphatic heterocycles. The van der Waals surface area contributed by atoms with Crippen molar-refractivity contribution in [3.63, 3.8) is 0 Å². The van der Waals surface area contributed by atoms with Gasteiger partial charge in [-0.2, -0.15) is 0 Å². The Balaban J connectivity index is 5.11. The molecule has 2 unspecified atom stereocenters. The van der Waals surface area contributed by atoms with Gasteiger partial charge in [0.2, 0.25) is 0 Å². The van der Waals surface area contributed by atoms with Crippen LogP contribution >= 0.6 is 15.6 Å². The van der Waals surface area contributed by atoms with Gasteiger partial charge >= 0.3 is 39.5 Å². The van der Waals surface area contributed by atoms with E-state index in [4.69, 9.17) is 37.0 Å². The van der Waals surface area contributed by atoms with Crippen LogP contribution in [0.3, 0.4) is 0 Å². The van der Waals surface area contributed by atoms with Crippen molar-refractivity contribution in [2.75, 3.05) is 39.6 Å². The number of unbranched alkanes of at least 4 members (excludes halogenated alkanes) is 52. The second kappa shape index (κ2) is 74.5. The molecule has 0 rings (SSSR count). The van der Waals surface area contributed by atoms with Gasteiger partial charge in [-0.05, 0) is 37.5 Å². The first-order valence-corrected chi connectivity index (χ1v) is 46.0. The average molecular weight is 1490 g/mol. The molecule has 0 bridgehead atoms. The molecule has 3 N–H and O–H groups in total. The summed E-state index contributed by atoms with van der Waals surface area (Å²) in [7, 11) is -9.91. The first kappa shape index (κ1) is 100. The molecule has 0 aromatic carbocycles. The molecule has 17 nitrogen and oxygen atoms in total. The van der Waals surface area contributed by atoms with Crippen molar-refractivity contribution in [2.45, 2.75) is 458 Å². The topological polar surface area (TPSA) is 237 Å². The maximum Gasteiger partial charge on any atom is 0.472 e. The summed E-state index contributed by atoms with van der Waals surface area (Å²) in [6.45, 7) is 9.62. The lowest BCUT2D eigenvalue weighted by Gasteiger charge is -2.21. The Labute approximate surface area is 626 Å². The van der Waals surface area contributed by atoms with Gasteiger partial charge in [0.1, 0.15) is 19.3 Å². The van der Waals surface area contributed by atoms with Crippen LogP contribution in [0.15, 0.2) is 0 Å². The molecule has 0 saturated heterocycles. The third-order valence-electron chi connectivity index (χ3n) is 19.5. The van der Waals surface area contributed by atoms with Crippen LogP contribution in [-0.4, -0.2) is 96.7 Å². The summed E-state index contributed by atoms with van der Waals surface area (Å²) < 4.78 is 68.6. The van der Waals surface area contributed by atoms with E-state index >= 15 is 0 Å². The van der Waals surface area contributed by atoms with E-state index in [-0.39, 0.29) is 25.7 Å². The van der Waals surface area contributed by atoms with E-state index in [1.54, 1.807) is 0 Å². The molecule has 0 heterocycles. The number of ether oxygens (including phenoxy) is 4. The number of aliphatic hydroxyl groups is 1. The fourth-order valence-corrected chi connectivity index (χ4v) is 14.5. The maximum atomic E-state index is 13.1. The lowest BCUT2D eigenvalue weighted by Crippen LogP contribution is -2.30. The zero-order valence-electron chi connectivity index (χ0n) is 66.9. The predicted molar refractivity (Wildman–Crippen MR) is 418 cm³/mol. The molecule has 102 heavy (non-hydrogen) atoms. The van der Waals surface area contributed by atoms with Gasteiger partial charge in [-0.3, -0.25) is 37.3 Å². The van der Waals surface area contributed by atoms with E-state index in [1.807, 2.05) is 0 Å². The lowest BCUT2D eigenvalue weighted by atomic mass is 10.0. The number of rotatable bonds is 82. The monoisotopic (exact) mass is 1490 g/mol. The quantitative estimate of drug-likeness (QED) is 0.0222. The summed E-state index contributed by atoms with van der Waals surface area (Å²) in [5.41, 5.74) is 0. The Morgan fingerprint density at radius 1 is 0.265 bits per heavy atom. The van der Waals surface area contributed by atoms with Crippen LogP contribution in [-0.2, 0) is 65.4 Å². The summed E-state index contributed by atoms with van der Waals surface area (Å²) in [6.07, 6.45) is 65.8. The minimum absolute atomic E-state index is 0.107. The van der Waals surface area contributed by atoms with Crippen LogP contribution in [0.4, 0.5) is 0 Å². The van der Waals surface area contributed by atoms with Gasteiger partial charge in [0.05, 0.1) is 26.4 Å². The highest BCUT2D eigenvalue weighted by molar-refractivity contribution is 7.47. The summed E-state index contributed by atoms with van der Waals surface area (Å²) in [5.74, 6) is -0.502. The van der Waals surface area contributed by atoms with Gasteiger partial charge < -0.3 is 33.8 Å². The molecular weight excluding hydrogens is 1330 g/mol. The van der Waals surface area contributed by atoms with Crippen molar-refractivity contribution in [2.24, 2.45) is 11.8 Å². The number of phosphoric acid groups is 2. The first-order chi connectivity index (χ1) is 49.4. The number of hydrogen-bond donors (Lipinski definition) is 3. The molecule has 0 aromatic rings. The highest BCUT2D eigenvalue weighted by Gasteiger charge is 2.30. The number of esters is 4. The highest BCUT2D eigenvalue weighted by Crippen LogP contribution is 2.45. The van der Waals surface area contributed by atoms with E-state index in [9.17, 15) is 43.2 Å². The normalized spacial score (nSPS) is 13.9. The standard InChI is InChI=1S/C83H162O17P2/c1-7-9-11-13-14-15-16-17-18-19-20-21-22-29-34-39-44-49-55-62-68-83(88)100-79(72-94-81(86)66-60-54-48-43-38-33-28-24-23-26-31-36-41-46-52-57-63-75(3)4)74-98-102(91,92)96-70-77(84)69-95-101(89,90)97-73-78(71-93-80(85)65-59-51-12-10-8-2)99-82(87)67-61-56-50-45-40-35-30-25-27-32-37-42-47-53-58-64-76(5)6/h75-79,84H,7-74H2,1-6H3,(H,89,90)(H,91,92)/t77-,78+,79+/m0/s1. The SMILES string of the molecule is CCCCCCCCCCCCCCCCCCCCCCC(=O)O[C@H](COC(=O)CCCCCCCCCCCCCCCCCCC(C)C)COP(=O)(O)OC[C@@H](O)COP(=O)(O)OC[C@@H](COC(=O)CCCCCCC)OC(=O)CCCCCCCCCCCCCCCCCC(C)C. The third-order valence-corrected chi connectivity index (χ3v) is 21.4. The zero-order valence-corrected chi connectivity index (χ0v) is 68.7. The molecule has 606 valence electrons. The predicted octanol–water partition coefficient (Wildman–Crippen LogP) is 25.1. The number of aliphatic hydroxyl groups excluding tert-OH is 1. The average Bonchev–Trinajstić information content (AvgIpc) is 0.929. The minimum Gasteiger partial charge on any atom is -0.462 e. The summed E-state index contributed by atoms with van der Waals surface area (Å²) >= 11 is 0. The fourth-order valence-electron chi connectivity index (χ4n) is 12.9. The third kappa shape index (κ3) is 76.3. The molecule has 5 atom stereocenters. The fraction of sp³-hybridized carbons (Fsp3) is 0.952. The van der Waals surface area contributed by atoms with Crippen LogP contribution in [0.1, 0.15) is 440 Å². The van der Waals surface area contributed by atoms with Crippen LogP contribution in [0.2, 0.25) is 0 Å². The molecule has 0 aromatic heterocycles. The summed E-state index contributed by atoms with van der Waals surface area (Å²) in [5, 5.41) is 10.6. The van der Waals surface area contributed by atoms with Crippen molar-refractivity contribution in [1.82, 2.24) is 0 Å². The Hall–Kier alpha value is -1.94. The molecule has 0 amide bonds. The molecule has 19 heteroatoms. The highest BCUT2D eigenvalue weighted by atomic mass is 31.2. The van der Waals surface area contributed by atoms with Gasteiger partial charge in [-0.25, -0.2) is 9.13 Å². The number of phosphoric ester groups is 2. The Morgan fingerprint density at radius 2 is 0.451 bits per heavy atom. The van der Waals surface area contributed by atoms with E-state index in [0.717, 1.165) is 108 Å². The van der Waals surface area contributed by atoms with E-state index in [0.29, 0.717) is 25.7 Å². The molecule has 0 radical (unpaired) electrons. The van der Waals surface area contributed by atoms with Gasteiger partial charge in [0, 0.05) is 25.7 Å². The van der Waals surface area contributed by atoms with Gasteiger partial charge in [0.15, 0.2) is 12.2 Å². The number of carbonyl (C=O) groups is 4. The molecule has 0 fully saturated rings. The van der Waals surface area contributed by atoms with E-state index < -0.39 is 97.5 Å².